The van der Waals surface area contributed by atoms with E-state index in [9.17, 15) is 14.7 Å². The van der Waals surface area contributed by atoms with Crippen molar-refractivity contribution in [3.63, 3.8) is 0 Å². The summed E-state index contributed by atoms with van der Waals surface area (Å²) in [6.45, 7) is 12.2. The lowest BCUT2D eigenvalue weighted by atomic mass is 9.81. The van der Waals surface area contributed by atoms with Crippen molar-refractivity contribution in [2.24, 2.45) is 11.3 Å². The van der Waals surface area contributed by atoms with Crippen LogP contribution in [-0.2, 0) is 9.53 Å². The molecule has 1 N–H and O–H groups in total. The van der Waals surface area contributed by atoms with Crippen molar-refractivity contribution in [1.29, 1.82) is 0 Å². The number of hydrogen-bond acceptors (Lipinski definition) is 6. The molecule has 1 aliphatic rings. The topological polar surface area (TPSA) is 84.4 Å². The summed E-state index contributed by atoms with van der Waals surface area (Å²) in [5, 5.41) is 13.0. The third-order valence-corrected chi connectivity index (χ3v) is 6.11. The molecule has 1 aromatic heterocycles. The number of carbonyl (C=O) groups is 1. The molecule has 1 aliphatic heterocycles. The van der Waals surface area contributed by atoms with Crippen LogP contribution in [0.25, 0.3) is 10.9 Å². The summed E-state index contributed by atoms with van der Waals surface area (Å²) >= 11 is 0. The molecule has 2 heterocycles. The summed E-state index contributed by atoms with van der Waals surface area (Å²) in [6, 6.07) is 7.19. The molecule has 7 heteroatoms. The number of aliphatic hydroxyl groups excluding tert-OH is 1. The lowest BCUT2D eigenvalue weighted by molar-refractivity contribution is -0.147. The van der Waals surface area contributed by atoms with E-state index < -0.39 is 17.6 Å². The molecule has 3 atom stereocenters. The number of ether oxygens (including phenoxy) is 1. The number of rotatable bonds is 5. The average molecular weight is 402 g/mol. The number of hydrogen-bond donors (Lipinski definition) is 1. The second-order valence-electron chi connectivity index (χ2n) is 9.35. The van der Waals surface area contributed by atoms with Gasteiger partial charge in [-0.25, -0.2) is 14.5 Å². The maximum absolute atomic E-state index is 13.5. The van der Waals surface area contributed by atoms with E-state index in [1.165, 1.54) is 11.8 Å². The number of methoxy groups -OCH3 is 1. The fraction of sp³-hybridized carbons (Fsp3) is 0.591. The Morgan fingerprint density at radius 2 is 1.86 bits per heavy atom. The van der Waals surface area contributed by atoms with E-state index in [-0.39, 0.29) is 29.4 Å². The summed E-state index contributed by atoms with van der Waals surface area (Å²) in [5.74, 6) is -0.241. The maximum atomic E-state index is 13.5. The van der Waals surface area contributed by atoms with Crippen molar-refractivity contribution in [3.8, 4) is 0 Å². The normalized spacial score (nSPS) is 21.3. The van der Waals surface area contributed by atoms with E-state index in [1.807, 2.05) is 32.9 Å². The van der Waals surface area contributed by atoms with Gasteiger partial charge in [-0.2, -0.15) is 0 Å². The number of para-hydroxylation sites is 1. The fourth-order valence-electron chi connectivity index (χ4n) is 3.75. The molecule has 0 radical (unpaired) electrons. The van der Waals surface area contributed by atoms with Gasteiger partial charge in [0.15, 0.2) is 5.54 Å². The van der Waals surface area contributed by atoms with E-state index in [4.69, 9.17) is 9.72 Å². The number of benzene rings is 1. The minimum absolute atomic E-state index is 0.0769. The first-order valence-electron chi connectivity index (χ1n) is 10.0. The zero-order valence-electron chi connectivity index (χ0n) is 18.3. The van der Waals surface area contributed by atoms with Crippen molar-refractivity contribution < 1.29 is 14.6 Å². The van der Waals surface area contributed by atoms with E-state index >= 15 is 0 Å². The standard InChI is InChI=1S/C22H31N3O4/c1-13(2)17(26)22(20(28)29-7)12-24(22)25-18(14(3)21(4,5)6)23-16-11-9-8-10-15(16)19(25)27/h8-11,13-14,17,26H,12H2,1-7H3/t14?,17-,22-,24?/m0/s1. The van der Waals surface area contributed by atoms with Crippen LogP contribution in [0.3, 0.4) is 0 Å². The molecular weight excluding hydrogens is 370 g/mol. The average Bonchev–Trinajstić information content (AvgIpc) is 3.41. The first kappa shape index (κ1) is 21.3. The summed E-state index contributed by atoms with van der Waals surface area (Å²) in [5.41, 5.74) is -1.08. The van der Waals surface area contributed by atoms with Crippen LogP contribution in [0.5, 0.6) is 0 Å². The van der Waals surface area contributed by atoms with Crippen LogP contribution in [0.1, 0.15) is 53.3 Å². The maximum Gasteiger partial charge on any atom is 0.337 e. The Bertz CT molecular complexity index is 992. The van der Waals surface area contributed by atoms with Gasteiger partial charge in [-0.05, 0) is 23.5 Å². The molecule has 29 heavy (non-hydrogen) atoms. The third-order valence-electron chi connectivity index (χ3n) is 6.11. The quantitative estimate of drug-likeness (QED) is 0.612. The molecule has 2 aromatic rings. The Balaban J connectivity index is 2.27. The first-order chi connectivity index (χ1) is 13.5. The highest BCUT2D eigenvalue weighted by atomic mass is 16.5. The van der Waals surface area contributed by atoms with Crippen LogP contribution in [-0.4, -0.2) is 46.0 Å². The highest BCUT2D eigenvalue weighted by Crippen LogP contribution is 2.40. The molecule has 1 fully saturated rings. The number of aliphatic hydroxyl groups is 1. The second kappa shape index (κ2) is 7.13. The Labute approximate surface area is 171 Å². The van der Waals surface area contributed by atoms with Crippen LogP contribution in [0.4, 0.5) is 0 Å². The first-order valence-corrected chi connectivity index (χ1v) is 10.0. The van der Waals surface area contributed by atoms with E-state index in [0.717, 1.165) is 0 Å². The predicted molar refractivity (Wildman–Crippen MR) is 113 cm³/mol. The van der Waals surface area contributed by atoms with Crippen molar-refractivity contribution in [2.45, 2.75) is 59.1 Å². The van der Waals surface area contributed by atoms with Crippen LogP contribution < -0.4 is 10.6 Å². The van der Waals surface area contributed by atoms with Crippen LogP contribution in [0.2, 0.25) is 0 Å². The van der Waals surface area contributed by atoms with Gasteiger partial charge in [-0.1, -0.05) is 53.7 Å². The highest BCUT2D eigenvalue weighted by Gasteiger charge is 2.66. The number of nitrogens with zero attached hydrogens (tertiary/aromatic N) is 3. The smallest absolute Gasteiger partial charge is 0.337 e. The van der Waals surface area contributed by atoms with Crippen LogP contribution in [0, 0.1) is 11.3 Å². The Morgan fingerprint density at radius 3 is 2.41 bits per heavy atom. The largest absolute Gasteiger partial charge is 0.467 e. The lowest BCUT2D eigenvalue weighted by Crippen LogP contribution is -2.50. The molecule has 158 valence electrons. The van der Waals surface area contributed by atoms with Gasteiger partial charge in [0.25, 0.3) is 5.56 Å². The second-order valence-corrected chi connectivity index (χ2v) is 9.35. The number of fused-ring (bicyclic) bond motifs is 1. The van der Waals surface area contributed by atoms with Gasteiger partial charge in [-0.3, -0.25) is 9.80 Å². The lowest BCUT2D eigenvalue weighted by Gasteiger charge is -2.31. The minimum Gasteiger partial charge on any atom is -0.467 e. The number of esters is 1. The highest BCUT2D eigenvalue weighted by molar-refractivity contribution is 5.90. The molecule has 1 unspecified atom stereocenters. The Hall–Kier alpha value is -2.41. The number of carbonyl (C=O) groups excluding carboxylic acids is 1. The van der Waals surface area contributed by atoms with Gasteiger partial charge < -0.3 is 9.84 Å². The summed E-state index contributed by atoms with van der Waals surface area (Å²) in [6.07, 6.45) is -0.980. The zero-order chi connectivity index (χ0) is 21.7. The number of aromatic nitrogens is 2. The van der Waals surface area contributed by atoms with Crippen molar-refractivity contribution >= 4 is 16.9 Å². The van der Waals surface area contributed by atoms with Gasteiger partial charge >= 0.3 is 5.97 Å². The van der Waals surface area contributed by atoms with Gasteiger partial charge in [-0.15, -0.1) is 0 Å². The van der Waals surface area contributed by atoms with E-state index in [2.05, 4.69) is 20.8 Å². The molecule has 0 bridgehead atoms. The van der Waals surface area contributed by atoms with Crippen LogP contribution >= 0.6 is 0 Å². The molecule has 0 saturated carbocycles. The summed E-state index contributed by atoms with van der Waals surface area (Å²) in [4.78, 5) is 31.0. The molecule has 0 amide bonds. The zero-order valence-corrected chi connectivity index (χ0v) is 18.3. The monoisotopic (exact) mass is 401 g/mol. The minimum atomic E-state index is -1.29. The molecule has 1 aromatic carbocycles. The third kappa shape index (κ3) is 3.31. The Morgan fingerprint density at radius 1 is 1.24 bits per heavy atom. The van der Waals surface area contributed by atoms with Gasteiger partial charge in [0.05, 0.1) is 30.7 Å². The molecule has 7 nitrogen and oxygen atoms in total. The Kier molecular flexibility index (Phi) is 5.24. The van der Waals surface area contributed by atoms with Crippen molar-refractivity contribution in [3.05, 3.63) is 40.4 Å². The predicted octanol–water partition coefficient (Wildman–Crippen LogP) is 2.43. The van der Waals surface area contributed by atoms with Crippen LogP contribution in [0.15, 0.2) is 29.1 Å². The van der Waals surface area contributed by atoms with Gasteiger partial charge in [0.1, 0.15) is 5.82 Å². The summed E-state index contributed by atoms with van der Waals surface area (Å²) < 4.78 is 6.51. The van der Waals surface area contributed by atoms with Crippen molar-refractivity contribution in [2.75, 3.05) is 18.7 Å². The van der Waals surface area contributed by atoms with Gasteiger partial charge in [0, 0.05) is 5.92 Å². The molecule has 0 aliphatic carbocycles. The van der Waals surface area contributed by atoms with E-state index in [1.54, 1.807) is 17.1 Å². The van der Waals surface area contributed by atoms with Gasteiger partial charge in [0.2, 0.25) is 0 Å². The molecule has 0 spiro atoms. The molecular formula is C22H31N3O4. The van der Waals surface area contributed by atoms with E-state index in [0.29, 0.717) is 16.7 Å². The van der Waals surface area contributed by atoms with Crippen molar-refractivity contribution in [1.82, 2.24) is 9.66 Å². The molecule has 1 saturated heterocycles. The molecule has 3 rings (SSSR count). The SMILES string of the molecule is COC(=O)[C@@]1([C@@H](O)C(C)C)CN1n1c(C(C)C(C)(C)C)nc2ccccc2c1=O. The summed E-state index contributed by atoms with van der Waals surface area (Å²) in [7, 11) is 1.30. The fourth-order valence-corrected chi connectivity index (χ4v) is 3.75.